The Labute approximate surface area is 147 Å². The fourth-order valence-electron chi connectivity index (χ4n) is 3.49. The molecule has 0 saturated heterocycles. The number of alkyl halides is 3. The summed E-state index contributed by atoms with van der Waals surface area (Å²) in [5, 5.41) is 10.7. The SMILES string of the molecule is Cc1cc(C)cc(CC(O)(CC(C)(C)c2ccccc2)C(F)(F)F)c1. The molecule has 0 aromatic heterocycles. The largest absolute Gasteiger partial charge is 0.417 e. The number of benzene rings is 2. The van der Waals surface area contributed by atoms with Gasteiger partial charge >= 0.3 is 6.18 Å². The van der Waals surface area contributed by atoms with E-state index in [1.807, 2.05) is 26.0 Å². The highest BCUT2D eigenvalue weighted by Gasteiger charge is 2.55. The molecule has 1 N–H and O–H groups in total. The van der Waals surface area contributed by atoms with Crippen LogP contribution in [0.25, 0.3) is 0 Å². The zero-order valence-corrected chi connectivity index (χ0v) is 15.1. The number of rotatable bonds is 5. The quantitative estimate of drug-likeness (QED) is 0.754. The molecule has 1 unspecified atom stereocenters. The first-order valence-electron chi connectivity index (χ1n) is 8.35. The molecular formula is C21H25F3O. The second-order valence-electron chi connectivity index (χ2n) is 7.63. The standard InChI is InChI=1S/C21H25F3O/c1-15-10-16(2)12-17(11-15)13-20(25,21(22,23)24)14-19(3,4)18-8-6-5-7-9-18/h5-12,25H,13-14H2,1-4H3. The third kappa shape index (κ3) is 4.63. The molecule has 0 heterocycles. The predicted octanol–water partition coefficient (Wildman–Crippen LogP) is 5.51. The van der Waals surface area contributed by atoms with Crippen LogP contribution in [0.2, 0.25) is 0 Å². The lowest BCUT2D eigenvalue weighted by molar-refractivity contribution is -0.266. The van der Waals surface area contributed by atoms with Gasteiger partial charge in [0, 0.05) is 6.42 Å². The molecule has 0 radical (unpaired) electrons. The second kappa shape index (κ2) is 6.83. The zero-order chi connectivity index (χ0) is 18.9. The number of aliphatic hydroxyl groups is 1. The van der Waals surface area contributed by atoms with E-state index in [9.17, 15) is 18.3 Å². The Kier molecular flexibility index (Phi) is 5.33. The molecule has 136 valence electrons. The van der Waals surface area contributed by atoms with E-state index in [1.165, 1.54) is 0 Å². The molecule has 2 aromatic rings. The first-order chi connectivity index (χ1) is 11.4. The van der Waals surface area contributed by atoms with Crippen LogP contribution in [0, 0.1) is 13.8 Å². The van der Waals surface area contributed by atoms with Crippen LogP contribution in [-0.2, 0) is 11.8 Å². The van der Waals surface area contributed by atoms with Gasteiger partial charge in [0.25, 0.3) is 0 Å². The van der Waals surface area contributed by atoms with Crippen molar-refractivity contribution in [3.63, 3.8) is 0 Å². The van der Waals surface area contributed by atoms with Gasteiger partial charge in [-0.2, -0.15) is 13.2 Å². The maximum absolute atomic E-state index is 13.8. The van der Waals surface area contributed by atoms with E-state index in [0.717, 1.165) is 16.7 Å². The lowest BCUT2D eigenvalue weighted by Gasteiger charge is -2.38. The molecule has 0 fully saturated rings. The summed E-state index contributed by atoms with van der Waals surface area (Å²) in [5.74, 6) is 0. The van der Waals surface area contributed by atoms with Gasteiger partial charge in [-0.05, 0) is 36.8 Å². The van der Waals surface area contributed by atoms with Crippen LogP contribution < -0.4 is 0 Å². The molecule has 0 spiro atoms. The van der Waals surface area contributed by atoms with Crippen LogP contribution in [0.1, 0.15) is 42.5 Å². The van der Waals surface area contributed by atoms with Gasteiger partial charge < -0.3 is 5.11 Å². The van der Waals surface area contributed by atoms with Crippen molar-refractivity contribution in [3.05, 3.63) is 70.8 Å². The summed E-state index contributed by atoms with van der Waals surface area (Å²) < 4.78 is 41.4. The molecule has 1 nitrogen and oxygen atoms in total. The van der Waals surface area contributed by atoms with Gasteiger partial charge in [0.2, 0.25) is 0 Å². The number of halogens is 3. The highest BCUT2D eigenvalue weighted by atomic mass is 19.4. The number of hydrogen-bond donors (Lipinski definition) is 1. The average molecular weight is 350 g/mol. The summed E-state index contributed by atoms with van der Waals surface area (Å²) in [6.07, 6.45) is -5.56. The molecule has 1 atom stereocenters. The molecule has 0 aliphatic rings. The first-order valence-corrected chi connectivity index (χ1v) is 8.35. The Morgan fingerprint density at radius 2 is 1.40 bits per heavy atom. The maximum atomic E-state index is 13.8. The van der Waals surface area contributed by atoms with E-state index in [0.29, 0.717) is 5.56 Å². The minimum absolute atomic E-state index is 0.402. The Balaban J connectivity index is 2.38. The van der Waals surface area contributed by atoms with Crippen molar-refractivity contribution >= 4 is 0 Å². The maximum Gasteiger partial charge on any atom is 0.417 e. The van der Waals surface area contributed by atoms with Crippen LogP contribution >= 0.6 is 0 Å². The molecule has 0 amide bonds. The van der Waals surface area contributed by atoms with Crippen molar-refractivity contribution in [1.82, 2.24) is 0 Å². The fourth-order valence-corrected chi connectivity index (χ4v) is 3.49. The highest BCUT2D eigenvalue weighted by molar-refractivity contribution is 5.31. The lowest BCUT2D eigenvalue weighted by Crippen LogP contribution is -2.50. The number of hydrogen-bond acceptors (Lipinski definition) is 1. The van der Waals surface area contributed by atoms with Gasteiger partial charge in [-0.15, -0.1) is 0 Å². The van der Waals surface area contributed by atoms with E-state index in [4.69, 9.17) is 0 Å². The lowest BCUT2D eigenvalue weighted by atomic mass is 9.73. The summed E-state index contributed by atoms with van der Waals surface area (Å²) in [4.78, 5) is 0. The van der Waals surface area contributed by atoms with Gasteiger partial charge in [0.15, 0.2) is 5.60 Å². The van der Waals surface area contributed by atoms with E-state index in [2.05, 4.69) is 0 Å². The molecule has 0 saturated carbocycles. The van der Waals surface area contributed by atoms with Crippen LogP contribution in [0.15, 0.2) is 48.5 Å². The second-order valence-corrected chi connectivity index (χ2v) is 7.63. The summed E-state index contributed by atoms with van der Waals surface area (Å²) in [6.45, 7) is 7.16. The predicted molar refractivity (Wildman–Crippen MR) is 94.7 cm³/mol. The molecule has 4 heteroatoms. The molecule has 2 aromatic carbocycles. The van der Waals surface area contributed by atoms with Gasteiger partial charge in [0.05, 0.1) is 0 Å². The Morgan fingerprint density at radius 1 is 0.880 bits per heavy atom. The third-order valence-corrected chi connectivity index (χ3v) is 4.60. The van der Waals surface area contributed by atoms with Gasteiger partial charge in [0.1, 0.15) is 0 Å². The minimum Gasteiger partial charge on any atom is -0.380 e. The topological polar surface area (TPSA) is 20.2 Å². The van der Waals surface area contributed by atoms with Crippen LogP contribution in [-0.4, -0.2) is 16.9 Å². The summed E-state index contributed by atoms with van der Waals surface area (Å²) in [5.41, 5.74) is -0.542. The normalized spacial score (nSPS) is 15.0. The minimum atomic E-state index is -4.71. The van der Waals surface area contributed by atoms with Crippen molar-refractivity contribution in [2.75, 3.05) is 0 Å². The fraction of sp³-hybridized carbons (Fsp3) is 0.429. The van der Waals surface area contributed by atoms with Gasteiger partial charge in [-0.1, -0.05) is 73.5 Å². The van der Waals surface area contributed by atoms with Crippen molar-refractivity contribution in [1.29, 1.82) is 0 Å². The monoisotopic (exact) mass is 350 g/mol. The molecular weight excluding hydrogens is 325 g/mol. The van der Waals surface area contributed by atoms with E-state index in [-0.39, 0.29) is 0 Å². The molecule has 0 aliphatic heterocycles. The Bertz CT molecular complexity index is 699. The van der Waals surface area contributed by atoms with Crippen LogP contribution in [0.5, 0.6) is 0 Å². The van der Waals surface area contributed by atoms with Gasteiger partial charge in [-0.3, -0.25) is 0 Å². The van der Waals surface area contributed by atoms with E-state index < -0.39 is 30.0 Å². The Hall–Kier alpha value is -1.81. The van der Waals surface area contributed by atoms with Crippen molar-refractivity contribution < 1.29 is 18.3 Å². The molecule has 0 aliphatic carbocycles. The summed E-state index contributed by atoms with van der Waals surface area (Å²) in [6, 6.07) is 14.3. The first kappa shape index (κ1) is 19.5. The molecule has 25 heavy (non-hydrogen) atoms. The van der Waals surface area contributed by atoms with Crippen molar-refractivity contribution in [3.8, 4) is 0 Å². The van der Waals surface area contributed by atoms with Crippen molar-refractivity contribution in [2.45, 2.75) is 57.7 Å². The third-order valence-electron chi connectivity index (χ3n) is 4.60. The summed E-state index contributed by atoms with van der Waals surface area (Å²) >= 11 is 0. The smallest absolute Gasteiger partial charge is 0.380 e. The number of aryl methyl sites for hydroxylation is 2. The molecule has 0 bridgehead atoms. The zero-order valence-electron chi connectivity index (χ0n) is 15.1. The molecule has 2 rings (SSSR count). The van der Waals surface area contributed by atoms with E-state index >= 15 is 0 Å². The van der Waals surface area contributed by atoms with Crippen LogP contribution in [0.3, 0.4) is 0 Å². The highest BCUT2D eigenvalue weighted by Crippen LogP contribution is 2.43. The van der Waals surface area contributed by atoms with Gasteiger partial charge in [-0.25, -0.2) is 0 Å². The van der Waals surface area contributed by atoms with Crippen LogP contribution in [0.4, 0.5) is 13.2 Å². The Morgan fingerprint density at radius 3 is 1.88 bits per heavy atom. The van der Waals surface area contributed by atoms with E-state index in [1.54, 1.807) is 50.2 Å². The average Bonchev–Trinajstić information content (AvgIpc) is 2.45. The summed E-state index contributed by atoms with van der Waals surface area (Å²) in [7, 11) is 0. The van der Waals surface area contributed by atoms with Crippen molar-refractivity contribution in [2.24, 2.45) is 0 Å².